The molecule has 0 atom stereocenters. The van der Waals surface area contributed by atoms with Crippen LogP contribution in [0.5, 0.6) is 0 Å². The van der Waals surface area contributed by atoms with Crippen molar-refractivity contribution in [1.82, 2.24) is 9.88 Å². The Labute approximate surface area is 184 Å². The highest BCUT2D eigenvalue weighted by Gasteiger charge is 2.28. The summed E-state index contributed by atoms with van der Waals surface area (Å²) in [5, 5.41) is 7.29. The monoisotopic (exact) mass is 448 g/mol. The zero-order chi connectivity index (χ0) is 21.3. The van der Waals surface area contributed by atoms with Crippen molar-refractivity contribution in [2.45, 2.75) is 51.0 Å². The molecule has 0 spiro atoms. The fraction of sp³-hybridized carbons (Fsp3) is 0.429. The van der Waals surface area contributed by atoms with Crippen LogP contribution in [0.4, 0.5) is 11.5 Å². The molecule has 2 fully saturated rings. The molecule has 3 heterocycles. The molecule has 0 aromatic carbocycles. The number of nitrogens with zero attached hydrogens (tertiary/aromatic N) is 2. The number of rotatable bonds is 5. The van der Waals surface area contributed by atoms with Crippen molar-refractivity contribution in [2.24, 2.45) is 0 Å². The SMILES string of the molecule is O=C1CCCN1C1CCCCC1.O=CNc1ccsc1C(=O)Nc1ccc(Cl)cn1. The number of pyridine rings is 1. The number of aromatic nitrogens is 1. The molecule has 1 saturated carbocycles. The molecule has 7 nitrogen and oxygen atoms in total. The van der Waals surface area contributed by atoms with E-state index in [1.165, 1.54) is 49.6 Å². The van der Waals surface area contributed by atoms with Gasteiger partial charge in [-0.15, -0.1) is 11.3 Å². The molecule has 1 aliphatic carbocycles. The maximum Gasteiger partial charge on any atom is 0.269 e. The maximum absolute atomic E-state index is 11.9. The minimum absolute atomic E-state index is 0.329. The van der Waals surface area contributed by atoms with Gasteiger partial charge >= 0.3 is 0 Å². The average molecular weight is 449 g/mol. The lowest BCUT2D eigenvalue weighted by atomic mass is 9.94. The third kappa shape index (κ3) is 6.03. The number of thiophene rings is 1. The van der Waals surface area contributed by atoms with E-state index in [2.05, 4.69) is 20.5 Å². The van der Waals surface area contributed by atoms with Crippen molar-refractivity contribution in [1.29, 1.82) is 0 Å². The van der Waals surface area contributed by atoms with Crippen molar-refractivity contribution >= 4 is 52.7 Å². The van der Waals surface area contributed by atoms with Crippen LogP contribution in [0.25, 0.3) is 0 Å². The Bertz CT molecular complexity index is 865. The van der Waals surface area contributed by atoms with Gasteiger partial charge in [0.15, 0.2) is 0 Å². The number of anilines is 2. The molecular weight excluding hydrogens is 424 g/mol. The molecule has 3 amide bonds. The third-order valence-corrected chi connectivity index (χ3v) is 6.32. The van der Waals surface area contributed by atoms with Gasteiger partial charge in [-0.25, -0.2) is 4.98 Å². The molecule has 9 heteroatoms. The van der Waals surface area contributed by atoms with Gasteiger partial charge in [-0.1, -0.05) is 30.9 Å². The molecule has 0 radical (unpaired) electrons. The smallest absolute Gasteiger partial charge is 0.269 e. The lowest BCUT2D eigenvalue weighted by Crippen LogP contribution is -2.37. The summed E-state index contributed by atoms with van der Waals surface area (Å²) in [5.41, 5.74) is 0.474. The van der Waals surface area contributed by atoms with Gasteiger partial charge in [0.05, 0.1) is 10.7 Å². The second-order valence-corrected chi connectivity index (χ2v) is 8.58. The van der Waals surface area contributed by atoms with Gasteiger partial charge < -0.3 is 15.5 Å². The van der Waals surface area contributed by atoms with Crippen molar-refractivity contribution < 1.29 is 14.4 Å². The first kappa shape index (κ1) is 22.2. The van der Waals surface area contributed by atoms with Crippen LogP contribution in [-0.4, -0.2) is 40.7 Å². The zero-order valence-electron chi connectivity index (χ0n) is 16.6. The van der Waals surface area contributed by atoms with Crippen LogP contribution in [-0.2, 0) is 9.59 Å². The average Bonchev–Trinajstić information content (AvgIpc) is 3.40. The van der Waals surface area contributed by atoms with Crippen LogP contribution in [0.15, 0.2) is 29.8 Å². The predicted octanol–water partition coefficient (Wildman–Crippen LogP) is 4.56. The van der Waals surface area contributed by atoms with Crippen LogP contribution < -0.4 is 10.6 Å². The van der Waals surface area contributed by atoms with Gasteiger partial charge in [0.25, 0.3) is 5.91 Å². The van der Waals surface area contributed by atoms with Crippen LogP contribution >= 0.6 is 22.9 Å². The molecule has 0 bridgehead atoms. The molecule has 2 aliphatic rings. The Kier molecular flexibility index (Phi) is 8.21. The van der Waals surface area contributed by atoms with Gasteiger partial charge in [0, 0.05) is 25.2 Å². The Morgan fingerprint density at radius 2 is 2.00 bits per heavy atom. The summed E-state index contributed by atoms with van der Waals surface area (Å²) in [7, 11) is 0. The molecule has 2 aromatic heterocycles. The van der Waals surface area contributed by atoms with E-state index < -0.39 is 0 Å². The van der Waals surface area contributed by atoms with E-state index in [4.69, 9.17) is 11.6 Å². The minimum atomic E-state index is -0.329. The lowest BCUT2D eigenvalue weighted by Gasteiger charge is -2.30. The Morgan fingerprint density at radius 1 is 1.20 bits per heavy atom. The molecule has 4 rings (SSSR count). The van der Waals surface area contributed by atoms with Crippen LogP contribution in [0.2, 0.25) is 5.02 Å². The quantitative estimate of drug-likeness (QED) is 0.656. The van der Waals surface area contributed by atoms with Crippen LogP contribution in [0.3, 0.4) is 0 Å². The molecular formula is C21H25ClN4O3S. The first-order chi connectivity index (χ1) is 14.6. The van der Waals surface area contributed by atoms with E-state index in [-0.39, 0.29) is 5.91 Å². The van der Waals surface area contributed by atoms with Crippen molar-refractivity contribution in [3.8, 4) is 0 Å². The summed E-state index contributed by atoms with van der Waals surface area (Å²) in [6.07, 6.45) is 10.4. The third-order valence-electron chi connectivity index (χ3n) is 5.18. The first-order valence-electron chi connectivity index (χ1n) is 10.1. The maximum atomic E-state index is 11.9. The normalized spacial score (nSPS) is 16.6. The number of amides is 3. The van der Waals surface area contributed by atoms with E-state index in [1.54, 1.807) is 23.6 Å². The largest absolute Gasteiger partial charge is 0.340 e. The Hall–Kier alpha value is -2.45. The number of carbonyl (C=O) groups excluding carboxylic acids is 3. The van der Waals surface area contributed by atoms with Gasteiger partial charge in [-0.3, -0.25) is 14.4 Å². The van der Waals surface area contributed by atoms with E-state index in [0.717, 1.165) is 19.4 Å². The van der Waals surface area contributed by atoms with E-state index in [0.29, 0.717) is 39.8 Å². The summed E-state index contributed by atoms with van der Waals surface area (Å²) >= 11 is 6.92. The number of hydrogen-bond acceptors (Lipinski definition) is 5. The molecule has 0 unspecified atom stereocenters. The second-order valence-electron chi connectivity index (χ2n) is 7.22. The predicted molar refractivity (Wildman–Crippen MR) is 119 cm³/mol. The summed E-state index contributed by atoms with van der Waals surface area (Å²) in [6.45, 7) is 1.03. The summed E-state index contributed by atoms with van der Waals surface area (Å²) in [5.74, 6) is 0.473. The number of carbonyl (C=O) groups is 3. The van der Waals surface area contributed by atoms with Crippen LogP contribution in [0.1, 0.15) is 54.6 Å². The van der Waals surface area contributed by atoms with Gasteiger partial charge in [-0.2, -0.15) is 0 Å². The highest BCUT2D eigenvalue weighted by Crippen LogP contribution is 2.26. The minimum Gasteiger partial charge on any atom is -0.340 e. The topological polar surface area (TPSA) is 91.4 Å². The molecule has 1 aliphatic heterocycles. The van der Waals surface area contributed by atoms with E-state index >= 15 is 0 Å². The number of halogens is 1. The standard InChI is InChI=1S/C11H8ClN3O2S.C10H17NO/c12-7-1-2-9(13-5-7)15-11(17)10-8(14-6-16)3-4-18-10;12-10-7-4-8-11(10)9-5-2-1-3-6-9/h1-6H,(H,14,16)(H,13,15,17);9H,1-8H2. The van der Waals surface area contributed by atoms with Crippen LogP contribution in [0, 0.1) is 0 Å². The van der Waals surface area contributed by atoms with Crippen molar-refractivity contribution in [3.63, 3.8) is 0 Å². The molecule has 160 valence electrons. The highest BCUT2D eigenvalue weighted by atomic mass is 35.5. The molecule has 2 aromatic rings. The summed E-state index contributed by atoms with van der Waals surface area (Å²) in [4.78, 5) is 40.2. The zero-order valence-corrected chi connectivity index (χ0v) is 18.2. The fourth-order valence-electron chi connectivity index (χ4n) is 3.73. The van der Waals surface area contributed by atoms with E-state index in [1.807, 2.05) is 0 Å². The van der Waals surface area contributed by atoms with Gasteiger partial charge in [-0.05, 0) is 42.8 Å². The number of likely N-dealkylation sites (tertiary alicyclic amines) is 1. The number of hydrogen-bond donors (Lipinski definition) is 2. The Morgan fingerprint density at radius 3 is 2.63 bits per heavy atom. The second kappa shape index (κ2) is 11.1. The Balaban J connectivity index is 0.000000184. The molecule has 30 heavy (non-hydrogen) atoms. The van der Waals surface area contributed by atoms with E-state index in [9.17, 15) is 14.4 Å². The van der Waals surface area contributed by atoms with Gasteiger partial charge in [0.1, 0.15) is 10.7 Å². The van der Waals surface area contributed by atoms with Gasteiger partial charge in [0.2, 0.25) is 12.3 Å². The fourth-order valence-corrected chi connectivity index (χ4v) is 4.60. The highest BCUT2D eigenvalue weighted by molar-refractivity contribution is 7.12. The summed E-state index contributed by atoms with van der Waals surface area (Å²) < 4.78 is 0. The van der Waals surface area contributed by atoms with Crippen molar-refractivity contribution in [3.05, 3.63) is 39.7 Å². The molecule has 1 saturated heterocycles. The van der Waals surface area contributed by atoms with Crippen molar-refractivity contribution in [2.75, 3.05) is 17.2 Å². The first-order valence-corrected chi connectivity index (χ1v) is 11.3. The lowest BCUT2D eigenvalue weighted by molar-refractivity contribution is -0.130. The molecule has 2 N–H and O–H groups in total. The number of nitrogens with one attached hydrogen (secondary N) is 2. The summed E-state index contributed by atoms with van der Waals surface area (Å²) in [6, 6.07) is 5.49.